The Balaban J connectivity index is 2.36. The van der Waals surface area contributed by atoms with E-state index in [4.69, 9.17) is 14.2 Å². The molecular formula is C12H21NO6. The molecule has 1 fully saturated rings. The maximum absolute atomic E-state index is 11.4. The molecule has 0 aromatic heterocycles. The zero-order valence-corrected chi connectivity index (χ0v) is 11.9. The highest BCUT2D eigenvalue weighted by atomic mass is 16.6. The molecule has 7 heteroatoms. The number of hydrogen-bond acceptors (Lipinski definition) is 6. The molecule has 1 saturated heterocycles. The van der Waals surface area contributed by atoms with Crippen molar-refractivity contribution in [1.82, 2.24) is 5.32 Å². The molecule has 1 amide bonds. The van der Waals surface area contributed by atoms with Gasteiger partial charge in [-0.2, -0.15) is 0 Å². The van der Waals surface area contributed by atoms with Gasteiger partial charge >= 0.3 is 12.1 Å². The van der Waals surface area contributed by atoms with E-state index in [1.54, 1.807) is 20.8 Å². The minimum absolute atomic E-state index is 0.209. The molecule has 0 spiro atoms. The lowest BCUT2D eigenvalue weighted by molar-refractivity contribution is -0.237. The first-order valence-corrected chi connectivity index (χ1v) is 6.01. The fraction of sp³-hybridized carbons (Fsp3) is 0.833. The molecular weight excluding hydrogens is 254 g/mol. The van der Waals surface area contributed by atoms with E-state index >= 15 is 0 Å². The van der Waals surface area contributed by atoms with Crippen molar-refractivity contribution in [3.8, 4) is 0 Å². The average molecular weight is 275 g/mol. The topological polar surface area (TPSA) is 83.1 Å². The van der Waals surface area contributed by atoms with Gasteiger partial charge in [0.1, 0.15) is 17.8 Å². The predicted molar refractivity (Wildman–Crippen MR) is 65.7 cm³/mol. The molecule has 0 aliphatic carbocycles. The second-order valence-corrected chi connectivity index (χ2v) is 5.20. The molecule has 0 unspecified atom stereocenters. The Morgan fingerprint density at radius 3 is 2.37 bits per heavy atom. The van der Waals surface area contributed by atoms with Crippen LogP contribution in [0.3, 0.4) is 0 Å². The van der Waals surface area contributed by atoms with Gasteiger partial charge in [0.25, 0.3) is 0 Å². The zero-order chi connectivity index (χ0) is 14.6. The Morgan fingerprint density at radius 2 is 1.89 bits per heavy atom. The number of alkyl carbamates (subject to hydrolysis) is 1. The van der Waals surface area contributed by atoms with Crippen LogP contribution in [0.2, 0.25) is 0 Å². The summed E-state index contributed by atoms with van der Waals surface area (Å²) in [5.41, 5.74) is -0.556. The van der Waals surface area contributed by atoms with E-state index in [9.17, 15) is 9.59 Å². The van der Waals surface area contributed by atoms with E-state index < -0.39 is 29.9 Å². The second-order valence-electron chi connectivity index (χ2n) is 5.20. The monoisotopic (exact) mass is 275 g/mol. The predicted octanol–water partition coefficient (Wildman–Crippen LogP) is 0.467. The summed E-state index contributed by atoms with van der Waals surface area (Å²) in [5.74, 6) is -0.486. The van der Waals surface area contributed by atoms with E-state index in [1.807, 2.05) is 0 Å². The first kappa shape index (κ1) is 15.7. The number of carbonyl (C=O) groups excluding carboxylic acids is 2. The average Bonchev–Trinajstić information content (AvgIpc) is 2.25. The van der Waals surface area contributed by atoms with Crippen LogP contribution in [0.25, 0.3) is 0 Å². The molecule has 0 bridgehead atoms. The number of amides is 1. The van der Waals surface area contributed by atoms with E-state index in [0.717, 1.165) is 0 Å². The van der Waals surface area contributed by atoms with Crippen molar-refractivity contribution >= 4 is 12.1 Å². The van der Waals surface area contributed by atoms with E-state index in [0.29, 0.717) is 0 Å². The third-order valence-electron chi connectivity index (χ3n) is 2.54. The van der Waals surface area contributed by atoms with Gasteiger partial charge in [0, 0.05) is 13.7 Å². The molecule has 0 radical (unpaired) electrons. The fourth-order valence-electron chi connectivity index (χ4n) is 1.69. The highest BCUT2D eigenvalue weighted by molar-refractivity contribution is 5.76. The quantitative estimate of drug-likeness (QED) is 0.751. The smallest absolute Gasteiger partial charge is 0.407 e. The van der Waals surface area contributed by atoms with E-state index in [2.05, 4.69) is 10.1 Å². The van der Waals surface area contributed by atoms with Crippen LogP contribution in [-0.4, -0.2) is 56.7 Å². The van der Waals surface area contributed by atoms with Crippen molar-refractivity contribution in [2.75, 3.05) is 20.8 Å². The SMILES string of the molecule is COC(=O)[C@@H]1O[C@H](CNC(=O)OC(C)(C)C)[C@H]1OC. The molecule has 1 rings (SSSR count). The Labute approximate surface area is 112 Å². The van der Waals surface area contributed by atoms with Gasteiger partial charge < -0.3 is 24.3 Å². The standard InChI is InChI=1S/C12H21NO6/c1-12(2,3)19-11(15)13-6-7-8(16-4)9(18-7)10(14)17-5/h7-9H,6H2,1-5H3,(H,13,15)/t7-,8-,9-/m1/s1. The van der Waals surface area contributed by atoms with Crippen LogP contribution in [0, 0.1) is 0 Å². The first-order valence-electron chi connectivity index (χ1n) is 6.01. The number of hydrogen-bond donors (Lipinski definition) is 1. The lowest BCUT2D eigenvalue weighted by Crippen LogP contribution is -2.62. The summed E-state index contributed by atoms with van der Waals surface area (Å²) in [6, 6.07) is 0. The molecule has 1 N–H and O–H groups in total. The van der Waals surface area contributed by atoms with Gasteiger partial charge in [-0.25, -0.2) is 9.59 Å². The van der Waals surface area contributed by atoms with Crippen LogP contribution in [0.1, 0.15) is 20.8 Å². The summed E-state index contributed by atoms with van der Waals surface area (Å²) < 4.78 is 20.1. The largest absolute Gasteiger partial charge is 0.467 e. The van der Waals surface area contributed by atoms with Gasteiger partial charge in [0.15, 0.2) is 6.10 Å². The van der Waals surface area contributed by atoms with Crippen LogP contribution in [0.5, 0.6) is 0 Å². The van der Waals surface area contributed by atoms with Crippen molar-refractivity contribution in [2.24, 2.45) is 0 Å². The third kappa shape index (κ3) is 4.36. The number of nitrogens with one attached hydrogen (secondary N) is 1. The normalized spacial score (nSPS) is 26.3. The number of rotatable bonds is 4. The van der Waals surface area contributed by atoms with Crippen LogP contribution < -0.4 is 5.32 Å². The summed E-state index contributed by atoms with van der Waals surface area (Å²) in [6.45, 7) is 5.54. The van der Waals surface area contributed by atoms with E-state index in [1.165, 1.54) is 14.2 Å². The molecule has 19 heavy (non-hydrogen) atoms. The van der Waals surface area contributed by atoms with Crippen molar-refractivity contribution in [2.45, 2.75) is 44.7 Å². The Bertz CT molecular complexity index is 338. The van der Waals surface area contributed by atoms with Crippen molar-refractivity contribution in [1.29, 1.82) is 0 Å². The second kappa shape index (κ2) is 6.21. The van der Waals surface area contributed by atoms with Crippen molar-refractivity contribution in [3.05, 3.63) is 0 Å². The molecule has 3 atom stereocenters. The van der Waals surface area contributed by atoms with Gasteiger partial charge in [-0.3, -0.25) is 0 Å². The van der Waals surface area contributed by atoms with Crippen LogP contribution in [0.15, 0.2) is 0 Å². The van der Waals surface area contributed by atoms with Gasteiger partial charge in [0.05, 0.1) is 7.11 Å². The number of esters is 1. The zero-order valence-electron chi connectivity index (χ0n) is 11.9. The molecule has 0 aromatic rings. The molecule has 1 aliphatic rings. The minimum Gasteiger partial charge on any atom is -0.467 e. The lowest BCUT2D eigenvalue weighted by Gasteiger charge is -2.41. The molecule has 0 aromatic carbocycles. The number of methoxy groups -OCH3 is 2. The Hall–Kier alpha value is -1.34. The molecule has 110 valence electrons. The van der Waals surface area contributed by atoms with Crippen LogP contribution in [0.4, 0.5) is 4.79 Å². The lowest BCUT2D eigenvalue weighted by atomic mass is 10.0. The van der Waals surface area contributed by atoms with Crippen molar-refractivity contribution < 1.29 is 28.5 Å². The van der Waals surface area contributed by atoms with Crippen molar-refractivity contribution in [3.63, 3.8) is 0 Å². The van der Waals surface area contributed by atoms with Gasteiger partial charge in [-0.15, -0.1) is 0 Å². The molecule has 1 heterocycles. The number of ether oxygens (including phenoxy) is 4. The van der Waals surface area contributed by atoms with Gasteiger partial charge in [-0.1, -0.05) is 0 Å². The van der Waals surface area contributed by atoms with Gasteiger partial charge in [0.2, 0.25) is 0 Å². The third-order valence-corrected chi connectivity index (χ3v) is 2.54. The summed E-state index contributed by atoms with van der Waals surface area (Å²) in [6.07, 6.45) is -2.09. The van der Waals surface area contributed by atoms with E-state index in [-0.39, 0.29) is 12.6 Å². The summed E-state index contributed by atoms with van der Waals surface area (Å²) >= 11 is 0. The highest BCUT2D eigenvalue weighted by Crippen LogP contribution is 2.24. The Morgan fingerprint density at radius 1 is 1.26 bits per heavy atom. The van der Waals surface area contributed by atoms with Gasteiger partial charge in [-0.05, 0) is 20.8 Å². The minimum atomic E-state index is -0.736. The Kier molecular flexibility index (Phi) is 5.13. The number of carbonyl (C=O) groups is 2. The molecule has 0 saturated carbocycles. The molecule has 1 aliphatic heterocycles. The summed E-state index contributed by atoms with van der Waals surface area (Å²) in [4.78, 5) is 22.7. The highest BCUT2D eigenvalue weighted by Gasteiger charge is 2.48. The fourth-order valence-corrected chi connectivity index (χ4v) is 1.69. The molecule has 7 nitrogen and oxygen atoms in total. The first-order chi connectivity index (χ1) is 8.78. The van der Waals surface area contributed by atoms with Crippen LogP contribution >= 0.6 is 0 Å². The maximum atomic E-state index is 11.4. The maximum Gasteiger partial charge on any atom is 0.407 e. The summed E-state index contributed by atoms with van der Waals surface area (Å²) in [7, 11) is 2.76. The van der Waals surface area contributed by atoms with Crippen LogP contribution in [-0.2, 0) is 23.7 Å². The summed E-state index contributed by atoms with van der Waals surface area (Å²) in [5, 5.41) is 2.56.